The number of carbonyl (C=O) groups excluding carboxylic acids is 2. The average molecular weight is 329 g/mol. The van der Waals surface area contributed by atoms with Crippen LogP contribution in [0.15, 0.2) is 30.3 Å². The normalized spacial score (nSPS) is 19.4. The molecule has 1 aromatic rings. The molecule has 3 rings (SSSR count). The summed E-state index contributed by atoms with van der Waals surface area (Å²) in [4.78, 5) is 28.0. The second-order valence-electron chi connectivity index (χ2n) is 6.83. The highest BCUT2D eigenvalue weighted by Gasteiger charge is 2.22. The monoisotopic (exact) mass is 329 g/mol. The Labute approximate surface area is 144 Å². The van der Waals surface area contributed by atoms with E-state index in [9.17, 15) is 9.59 Å². The number of nitrogens with zero attached hydrogens (tertiary/aromatic N) is 2. The molecule has 5 nitrogen and oxygen atoms in total. The van der Waals surface area contributed by atoms with E-state index < -0.39 is 0 Å². The van der Waals surface area contributed by atoms with E-state index in [-0.39, 0.29) is 18.4 Å². The highest BCUT2D eigenvalue weighted by Crippen LogP contribution is 2.27. The molecule has 2 amide bonds. The predicted octanol–water partition coefficient (Wildman–Crippen LogP) is 1.60. The van der Waals surface area contributed by atoms with Crippen LogP contribution < -0.4 is 5.32 Å². The maximum Gasteiger partial charge on any atom is 0.241 e. The Morgan fingerprint density at radius 2 is 1.67 bits per heavy atom. The van der Waals surface area contributed by atoms with Crippen LogP contribution in [-0.2, 0) is 9.59 Å². The lowest BCUT2D eigenvalue weighted by atomic mass is 9.89. The number of benzene rings is 1. The molecule has 0 aromatic heterocycles. The molecule has 130 valence electrons. The molecule has 2 saturated heterocycles. The van der Waals surface area contributed by atoms with Crippen LogP contribution in [-0.4, -0.2) is 60.9 Å². The molecule has 2 fully saturated rings. The van der Waals surface area contributed by atoms with Crippen molar-refractivity contribution in [1.29, 1.82) is 0 Å². The number of hydrogen-bond donors (Lipinski definition) is 1. The summed E-state index contributed by atoms with van der Waals surface area (Å²) < 4.78 is 0. The van der Waals surface area contributed by atoms with Crippen LogP contribution in [0.3, 0.4) is 0 Å². The van der Waals surface area contributed by atoms with E-state index >= 15 is 0 Å². The molecule has 24 heavy (non-hydrogen) atoms. The Balaban J connectivity index is 1.36. The van der Waals surface area contributed by atoms with E-state index in [1.807, 2.05) is 11.0 Å². The predicted molar refractivity (Wildman–Crippen MR) is 93.7 cm³/mol. The van der Waals surface area contributed by atoms with Crippen molar-refractivity contribution in [3.63, 3.8) is 0 Å². The van der Waals surface area contributed by atoms with Gasteiger partial charge in [-0.15, -0.1) is 0 Å². The largest absolute Gasteiger partial charge is 0.346 e. The molecule has 5 heteroatoms. The van der Waals surface area contributed by atoms with Gasteiger partial charge in [0.2, 0.25) is 11.8 Å². The minimum Gasteiger partial charge on any atom is -0.346 e. The van der Waals surface area contributed by atoms with Gasteiger partial charge in [-0.05, 0) is 50.3 Å². The Morgan fingerprint density at radius 3 is 2.33 bits per heavy atom. The molecule has 0 bridgehead atoms. The molecule has 0 unspecified atom stereocenters. The van der Waals surface area contributed by atoms with Crippen molar-refractivity contribution < 1.29 is 9.59 Å². The average Bonchev–Trinajstić information content (AvgIpc) is 3.16. The van der Waals surface area contributed by atoms with Gasteiger partial charge in [0.25, 0.3) is 0 Å². The quantitative estimate of drug-likeness (QED) is 0.893. The van der Waals surface area contributed by atoms with Crippen molar-refractivity contribution in [2.45, 2.75) is 31.6 Å². The summed E-state index contributed by atoms with van der Waals surface area (Å²) in [6.45, 7) is 4.08. The molecule has 2 aliphatic heterocycles. The first-order chi connectivity index (χ1) is 11.7. The lowest BCUT2D eigenvalue weighted by Crippen LogP contribution is -2.44. The number of nitrogens with one attached hydrogen (secondary N) is 1. The van der Waals surface area contributed by atoms with Crippen molar-refractivity contribution in [3.8, 4) is 0 Å². The lowest BCUT2D eigenvalue weighted by molar-refractivity contribution is -0.132. The number of hydrogen-bond acceptors (Lipinski definition) is 3. The van der Waals surface area contributed by atoms with Gasteiger partial charge in [-0.25, -0.2) is 0 Å². The molecule has 2 aliphatic rings. The Bertz CT molecular complexity index is 547. The van der Waals surface area contributed by atoms with Crippen molar-refractivity contribution in [3.05, 3.63) is 35.9 Å². The third-order valence-electron chi connectivity index (χ3n) is 5.12. The molecular weight excluding hydrogens is 302 g/mol. The molecule has 0 radical (unpaired) electrons. The van der Waals surface area contributed by atoms with Crippen molar-refractivity contribution in [2.24, 2.45) is 0 Å². The van der Waals surface area contributed by atoms with Gasteiger partial charge in [0.05, 0.1) is 13.1 Å². The van der Waals surface area contributed by atoms with E-state index in [0.29, 0.717) is 12.5 Å². The van der Waals surface area contributed by atoms with Crippen LogP contribution in [0.25, 0.3) is 0 Å². The van der Waals surface area contributed by atoms with Crippen LogP contribution >= 0.6 is 0 Å². The number of piperidine rings is 1. The highest BCUT2D eigenvalue weighted by molar-refractivity contribution is 5.85. The first-order valence-electron chi connectivity index (χ1n) is 9.04. The van der Waals surface area contributed by atoms with Gasteiger partial charge in [0.1, 0.15) is 0 Å². The topological polar surface area (TPSA) is 52.7 Å². The van der Waals surface area contributed by atoms with Gasteiger partial charge < -0.3 is 10.2 Å². The van der Waals surface area contributed by atoms with Crippen LogP contribution in [0.5, 0.6) is 0 Å². The molecule has 0 atom stereocenters. The number of carbonyl (C=O) groups is 2. The molecule has 0 spiro atoms. The zero-order valence-corrected chi connectivity index (χ0v) is 14.2. The third-order valence-corrected chi connectivity index (χ3v) is 5.12. The summed E-state index contributed by atoms with van der Waals surface area (Å²) >= 11 is 0. The Hall–Kier alpha value is -1.88. The summed E-state index contributed by atoms with van der Waals surface area (Å²) in [5.74, 6) is 0.603. The number of likely N-dealkylation sites (tertiary alicyclic amines) is 2. The summed E-state index contributed by atoms with van der Waals surface area (Å²) in [5.41, 5.74) is 1.40. The highest BCUT2D eigenvalue weighted by atomic mass is 16.2. The van der Waals surface area contributed by atoms with E-state index in [0.717, 1.165) is 51.9 Å². The van der Waals surface area contributed by atoms with Gasteiger partial charge in [-0.1, -0.05) is 30.3 Å². The van der Waals surface area contributed by atoms with E-state index in [4.69, 9.17) is 0 Å². The van der Waals surface area contributed by atoms with Gasteiger partial charge >= 0.3 is 0 Å². The summed E-state index contributed by atoms with van der Waals surface area (Å²) in [6, 6.07) is 10.6. The standard InChI is InChI=1S/C19H27N3O2/c23-18(20-14-19(24)22-10-4-5-11-22)15-21-12-8-17(9-13-21)16-6-2-1-3-7-16/h1-3,6-7,17H,4-5,8-15H2,(H,20,23). The van der Waals surface area contributed by atoms with Crippen molar-refractivity contribution >= 4 is 11.8 Å². The van der Waals surface area contributed by atoms with E-state index in [1.165, 1.54) is 5.56 Å². The maximum atomic E-state index is 12.1. The van der Waals surface area contributed by atoms with Gasteiger partial charge in [-0.2, -0.15) is 0 Å². The first kappa shape index (κ1) is 17.0. The summed E-state index contributed by atoms with van der Waals surface area (Å²) in [7, 11) is 0. The number of rotatable bonds is 5. The Morgan fingerprint density at radius 1 is 1.00 bits per heavy atom. The first-order valence-corrected chi connectivity index (χ1v) is 9.04. The smallest absolute Gasteiger partial charge is 0.241 e. The van der Waals surface area contributed by atoms with Crippen LogP contribution in [0.1, 0.15) is 37.2 Å². The Kier molecular flexibility index (Phi) is 5.86. The van der Waals surface area contributed by atoms with Crippen molar-refractivity contribution in [1.82, 2.24) is 15.1 Å². The minimum atomic E-state index is -0.0410. The molecule has 0 aliphatic carbocycles. The minimum absolute atomic E-state index is 0.0410. The molecular formula is C19H27N3O2. The SMILES string of the molecule is O=C(CN1CCC(c2ccccc2)CC1)NCC(=O)N1CCCC1. The van der Waals surface area contributed by atoms with Crippen LogP contribution in [0, 0.1) is 0 Å². The van der Waals surface area contributed by atoms with E-state index in [1.54, 1.807) is 0 Å². The fraction of sp³-hybridized carbons (Fsp3) is 0.579. The molecule has 1 N–H and O–H groups in total. The lowest BCUT2D eigenvalue weighted by Gasteiger charge is -2.31. The van der Waals surface area contributed by atoms with Gasteiger partial charge in [-0.3, -0.25) is 14.5 Å². The zero-order chi connectivity index (χ0) is 16.8. The second-order valence-corrected chi connectivity index (χ2v) is 6.83. The second kappa shape index (κ2) is 8.29. The number of amides is 2. The molecule has 2 heterocycles. The third kappa shape index (κ3) is 4.57. The van der Waals surface area contributed by atoms with Gasteiger partial charge in [0.15, 0.2) is 0 Å². The maximum absolute atomic E-state index is 12.1. The fourth-order valence-corrected chi connectivity index (χ4v) is 3.66. The van der Waals surface area contributed by atoms with E-state index in [2.05, 4.69) is 34.5 Å². The van der Waals surface area contributed by atoms with Crippen LogP contribution in [0.2, 0.25) is 0 Å². The summed E-state index contributed by atoms with van der Waals surface area (Å²) in [5, 5.41) is 2.78. The summed E-state index contributed by atoms with van der Waals surface area (Å²) in [6.07, 6.45) is 4.33. The van der Waals surface area contributed by atoms with Crippen LogP contribution in [0.4, 0.5) is 0 Å². The van der Waals surface area contributed by atoms with Crippen molar-refractivity contribution in [2.75, 3.05) is 39.3 Å². The fourth-order valence-electron chi connectivity index (χ4n) is 3.66. The molecule has 1 aromatic carbocycles. The van der Waals surface area contributed by atoms with Gasteiger partial charge in [0, 0.05) is 13.1 Å². The zero-order valence-electron chi connectivity index (χ0n) is 14.2. The molecule has 0 saturated carbocycles.